The first kappa shape index (κ1) is 18.2. The Morgan fingerprint density at radius 3 is 2.44 bits per heavy atom. The summed E-state index contributed by atoms with van der Waals surface area (Å²) in [5, 5.41) is 6.86. The van der Waals surface area contributed by atoms with E-state index in [2.05, 4.69) is 15.4 Å². The van der Waals surface area contributed by atoms with E-state index in [0.29, 0.717) is 17.2 Å². The molecule has 7 nitrogen and oxygen atoms in total. The summed E-state index contributed by atoms with van der Waals surface area (Å²) in [4.78, 5) is 30.9. The molecule has 0 aliphatic heterocycles. The summed E-state index contributed by atoms with van der Waals surface area (Å²) < 4.78 is 14.2. The predicted octanol–water partition coefficient (Wildman–Crippen LogP) is 2.39. The first-order valence-electron chi connectivity index (χ1n) is 8.18. The van der Waals surface area contributed by atoms with Crippen LogP contribution in [0.25, 0.3) is 5.69 Å². The van der Waals surface area contributed by atoms with E-state index in [9.17, 15) is 14.0 Å². The average Bonchev–Trinajstić information content (AvgIpc) is 2.64. The fraction of sp³-hybridized carbons (Fsp3) is 0.158. The van der Waals surface area contributed by atoms with E-state index >= 15 is 0 Å². The molecule has 0 radical (unpaired) electrons. The fourth-order valence-corrected chi connectivity index (χ4v) is 2.47. The molecule has 3 rings (SSSR count). The molecule has 0 saturated heterocycles. The number of hydrogen-bond donors (Lipinski definition) is 1. The summed E-state index contributed by atoms with van der Waals surface area (Å²) in [6, 6.07) is 11.4. The second kappa shape index (κ2) is 7.36. The van der Waals surface area contributed by atoms with Crippen LogP contribution in [0, 0.1) is 12.7 Å². The lowest BCUT2D eigenvalue weighted by Crippen LogP contribution is -2.25. The molecular weight excluding hydrogens is 349 g/mol. The molecule has 0 spiro atoms. The van der Waals surface area contributed by atoms with Gasteiger partial charge in [-0.05, 0) is 49.4 Å². The van der Waals surface area contributed by atoms with Gasteiger partial charge in [-0.15, -0.1) is 0 Å². The Hall–Kier alpha value is -3.55. The lowest BCUT2D eigenvalue weighted by atomic mass is 10.3. The van der Waals surface area contributed by atoms with Gasteiger partial charge in [0.15, 0.2) is 5.82 Å². The number of carbonyl (C=O) groups excluding carboxylic acids is 1. The maximum atomic E-state index is 13.1. The van der Waals surface area contributed by atoms with Gasteiger partial charge in [0.05, 0.1) is 11.4 Å². The quantitative estimate of drug-likeness (QED) is 0.766. The largest absolute Gasteiger partial charge is 0.361 e. The van der Waals surface area contributed by atoms with Crippen LogP contribution in [0.15, 0.2) is 53.3 Å². The Labute approximate surface area is 155 Å². The van der Waals surface area contributed by atoms with Crippen LogP contribution in [0.2, 0.25) is 0 Å². The van der Waals surface area contributed by atoms with Crippen molar-refractivity contribution in [2.75, 3.05) is 24.3 Å². The van der Waals surface area contributed by atoms with Crippen molar-refractivity contribution in [1.82, 2.24) is 14.8 Å². The van der Waals surface area contributed by atoms with Crippen molar-refractivity contribution in [2.45, 2.75) is 6.92 Å². The number of benzene rings is 1. The number of halogens is 1. The highest BCUT2D eigenvalue weighted by atomic mass is 19.1. The molecule has 1 aromatic carbocycles. The number of pyridine rings is 1. The monoisotopic (exact) mass is 367 g/mol. The van der Waals surface area contributed by atoms with Gasteiger partial charge in [-0.25, -0.2) is 9.37 Å². The molecular formula is C19H18FN5O2. The topological polar surface area (TPSA) is 80.1 Å². The lowest BCUT2D eigenvalue weighted by molar-refractivity contribution is 0.102. The Bertz CT molecular complexity index is 1040. The first-order valence-corrected chi connectivity index (χ1v) is 8.18. The molecule has 0 unspecified atom stereocenters. The van der Waals surface area contributed by atoms with E-state index in [4.69, 9.17) is 0 Å². The van der Waals surface area contributed by atoms with Crippen LogP contribution in [0.4, 0.5) is 15.9 Å². The molecule has 3 aromatic rings. The van der Waals surface area contributed by atoms with Gasteiger partial charge in [0.2, 0.25) is 0 Å². The van der Waals surface area contributed by atoms with Gasteiger partial charge >= 0.3 is 0 Å². The van der Waals surface area contributed by atoms with Gasteiger partial charge in [0, 0.05) is 25.9 Å². The molecule has 0 fully saturated rings. The van der Waals surface area contributed by atoms with E-state index in [1.807, 2.05) is 21.0 Å². The molecule has 138 valence electrons. The predicted molar refractivity (Wildman–Crippen MR) is 101 cm³/mol. The third-order valence-corrected chi connectivity index (χ3v) is 3.79. The van der Waals surface area contributed by atoms with E-state index in [0.717, 1.165) is 10.4 Å². The maximum Gasteiger partial charge on any atom is 0.276 e. The van der Waals surface area contributed by atoms with Crippen molar-refractivity contribution < 1.29 is 9.18 Å². The third kappa shape index (κ3) is 4.00. The van der Waals surface area contributed by atoms with Crippen molar-refractivity contribution in [3.63, 3.8) is 0 Å². The molecule has 27 heavy (non-hydrogen) atoms. The van der Waals surface area contributed by atoms with Crippen LogP contribution in [0.3, 0.4) is 0 Å². The van der Waals surface area contributed by atoms with Crippen LogP contribution >= 0.6 is 0 Å². The van der Waals surface area contributed by atoms with Crippen LogP contribution in [0.1, 0.15) is 16.2 Å². The molecule has 8 heteroatoms. The molecule has 2 aromatic heterocycles. The fourth-order valence-electron chi connectivity index (χ4n) is 2.47. The highest BCUT2D eigenvalue weighted by Gasteiger charge is 2.14. The number of carbonyl (C=O) groups is 1. The molecule has 0 saturated carbocycles. The normalized spacial score (nSPS) is 10.5. The summed E-state index contributed by atoms with van der Waals surface area (Å²) in [6.45, 7) is 1.86. The van der Waals surface area contributed by atoms with Crippen molar-refractivity contribution in [1.29, 1.82) is 0 Å². The average molecular weight is 367 g/mol. The number of aromatic nitrogens is 3. The molecule has 1 amide bonds. The number of hydrogen-bond acceptors (Lipinski definition) is 5. The first-order chi connectivity index (χ1) is 12.8. The maximum absolute atomic E-state index is 13.1. The highest BCUT2D eigenvalue weighted by molar-refractivity contribution is 6.04. The summed E-state index contributed by atoms with van der Waals surface area (Å²) >= 11 is 0. The molecule has 1 N–H and O–H groups in total. The zero-order valence-electron chi connectivity index (χ0n) is 15.1. The Kier molecular flexibility index (Phi) is 4.98. The Morgan fingerprint density at radius 1 is 1.07 bits per heavy atom. The number of amides is 1. The number of anilines is 2. The second-order valence-corrected chi connectivity index (χ2v) is 6.12. The smallest absolute Gasteiger partial charge is 0.276 e. The van der Waals surface area contributed by atoms with E-state index in [-0.39, 0.29) is 5.69 Å². The van der Waals surface area contributed by atoms with Crippen LogP contribution in [-0.4, -0.2) is 34.8 Å². The van der Waals surface area contributed by atoms with Crippen molar-refractivity contribution in [2.24, 2.45) is 0 Å². The van der Waals surface area contributed by atoms with E-state index < -0.39 is 17.3 Å². The molecule has 0 aliphatic rings. The minimum Gasteiger partial charge on any atom is -0.361 e. The van der Waals surface area contributed by atoms with Gasteiger partial charge in [0.25, 0.3) is 11.5 Å². The zero-order valence-corrected chi connectivity index (χ0v) is 15.1. The van der Waals surface area contributed by atoms with Gasteiger partial charge in [-0.3, -0.25) is 9.59 Å². The Morgan fingerprint density at radius 2 is 1.78 bits per heavy atom. The molecule has 0 bridgehead atoms. The van der Waals surface area contributed by atoms with Crippen molar-refractivity contribution in [3.8, 4) is 5.69 Å². The number of rotatable bonds is 4. The van der Waals surface area contributed by atoms with Crippen LogP contribution in [0.5, 0.6) is 0 Å². The van der Waals surface area contributed by atoms with Crippen LogP contribution < -0.4 is 15.8 Å². The van der Waals surface area contributed by atoms with Gasteiger partial charge in [-0.2, -0.15) is 9.78 Å². The minimum atomic E-state index is -0.486. The van der Waals surface area contributed by atoms with E-state index in [1.165, 1.54) is 36.4 Å². The minimum absolute atomic E-state index is 0.0456. The van der Waals surface area contributed by atoms with Crippen LogP contribution in [-0.2, 0) is 0 Å². The molecule has 2 heterocycles. The number of aryl methyl sites for hydroxylation is 1. The van der Waals surface area contributed by atoms with Crippen molar-refractivity contribution in [3.05, 3.63) is 76.1 Å². The second-order valence-electron chi connectivity index (χ2n) is 6.12. The summed E-state index contributed by atoms with van der Waals surface area (Å²) in [5.74, 6) is -0.307. The van der Waals surface area contributed by atoms with E-state index in [1.54, 1.807) is 17.0 Å². The summed E-state index contributed by atoms with van der Waals surface area (Å²) in [7, 11) is 3.65. The highest BCUT2D eigenvalue weighted by Crippen LogP contribution is 2.22. The lowest BCUT2D eigenvalue weighted by Gasteiger charge is -2.17. The van der Waals surface area contributed by atoms with Gasteiger partial charge < -0.3 is 10.2 Å². The molecule has 0 atom stereocenters. The SMILES string of the molecule is Cc1ccc(NC(=O)c2ccc(=O)n(-c3ccc(F)cc3)n2)c(N(C)C)n1. The third-order valence-electron chi connectivity index (χ3n) is 3.79. The molecule has 0 aliphatic carbocycles. The van der Waals surface area contributed by atoms with Crippen molar-refractivity contribution >= 4 is 17.4 Å². The Balaban J connectivity index is 1.94. The number of nitrogens with one attached hydrogen (secondary N) is 1. The standard InChI is InChI=1S/C19H18FN5O2/c1-12-4-9-15(18(21-12)24(2)3)22-19(27)16-10-11-17(26)25(23-16)14-7-5-13(20)6-8-14/h4-11H,1-3H3,(H,22,27). The zero-order chi connectivity index (χ0) is 19.6. The number of nitrogens with zero attached hydrogens (tertiary/aromatic N) is 4. The van der Waals surface area contributed by atoms with Gasteiger partial charge in [-0.1, -0.05) is 0 Å². The summed E-state index contributed by atoms with van der Waals surface area (Å²) in [6.07, 6.45) is 0. The summed E-state index contributed by atoms with van der Waals surface area (Å²) in [5.41, 5.74) is 1.33. The van der Waals surface area contributed by atoms with Gasteiger partial charge in [0.1, 0.15) is 11.5 Å².